The number of benzene rings is 1. The number of hydrogen-bond donors (Lipinski definition) is 2. The fourth-order valence-corrected chi connectivity index (χ4v) is 2.64. The summed E-state index contributed by atoms with van der Waals surface area (Å²) in [5.41, 5.74) is 2.73. The van der Waals surface area contributed by atoms with Gasteiger partial charge in [-0.25, -0.2) is 4.52 Å². The van der Waals surface area contributed by atoms with Gasteiger partial charge in [0.2, 0.25) is 0 Å². The monoisotopic (exact) mass is 325 g/mol. The number of β-amino-alcohol motifs (C(OH)–C–C–N with tert-alkyl or cyclic N) is 1. The first-order valence-electron chi connectivity index (χ1n) is 8.18. The quantitative estimate of drug-likeness (QED) is 0.696. The molecule has 6 nitrogen and oxygen atoms in total. The van der Waals surface area contributed by atoms with Gasteiger partial charge < -0.3 is 10.4 Å². The zero-order valence-corrected chi connectivity index (χ0v) is 14.1. The van der Waals surface area contributed by atoms with Crippen LogP contribution in [0.2, 0.25) is 0 Å². The van der Waals surface area contributed by atoms with Crippen molar-refractivity contribution < 1.29 is 5.11 Å². The van der Waals surface area contributed by atoms with Crippen LogP contribution in [-0.2, 0) is 6.42 Å². The molecule has 3 aromatic rings. The second kappa shape index (κ2) is 7.07. The first kappa shape index (κ1) is 16.5. The van der Waals surface area contributed by atoms with Crippen molar-refractivity contribution in [1.29, 1.82) is 0 Å². The van der Waals surface area contributed by atoms with Crippen molar-refractivity contribution in [2.75, 3.05) is 6.54 Å². The van der Waals surface area contributed by atoms with E-state index in [1.807, 2.05) is 12.1 Å². The Kier molecular flexibility index (Phi) is 4.87. The largest absolute Gasteiger partial charge is 0.387 e. The molecule has 24 heavy (non-hydrogen) atoms. The van der Waals surface area contributed by atoms with Crippen LogP contribution >= 0.6 is 0 Å². The van der Waals surface area contributed by atoms with Gasteiger partial charge in [0.1, 0.15) is 0 Å². The molecule has 0 fully saturated rings. The van der Waals surface area contributed by atoms with E-state index in [-0.39, 0.29) is 5.54 Å². The van der Waals surface area contributed by atoms with Crippen LogP contribution in [0.15, 0.2) is 48.7 Å². The van der Waals surface area contributed by atoms with E-state index >= 15 is 0 Å². The maximum absolute atomic E-state index is 10.4. The molecule has 0 saturated heterocycles. The predicted octanol–water partition coefficient (Wildman–Crippen LogP) is 2.16. The van der Waals surface area contributed by atoms with Crippen molar-refractivity contribution in [2.24, 2.45) is 0 Å². The van der Waals surface area contributed by atoms with Crippen molar-refractivity contribution >= 4 is 5.65 Å². The van der Waals surface area contributed by atoms with Crippen LogP contribution < -0.4 is 5.32 Å². The molecule has 1 unspecified atom stereocenters. The molecule has 1 atom stereocenters. The zero-order chi connectivity index (χ0) is 17.0. The fourth-order valence-electron chi connectivity index (χ4n) is 2.64. The number of aliphatic hydroxyl groups is 1. The lowest BCUT2D eigenvalue weighted by Crippen LogP contribution is -2.42. The number of nitrogens with one attached hydrogen (secondary N) is 1. The smallest absolute Gasteiger partial charge is 0.179 e. The molecule has 2 aromatic heterocycles. The molecule has 0 aliphatic carbocycles. The molecule has 2 heterocycles. The van der Waals surface area contributed by atoms with Gasteiger partial charge in [-0.3, -0.25) is 0 Å². The Hall–Kier alpha value is -2.31. The second-order valence-electron chi connectivity index (χ2n) is 6.71. The van der Waals surface area contributed by atoms with Gasteiger partial charge in [0.05, 0.1) is 6.10 Å². The van der Waals surface area contributed by atoms with Crippen LogP contribution in [0.1, 0.15) is 37.5 Å². The van der Waals surface area contributed by atoms with E-state index < -0.39 is 6.10 Å². The number of aliphatic hydroxyl groups excluding tert-OH is 1. The normalized spacial score (nSPS) is 13.3. The molecule has 3 rings (SSSR count). The van der Waals surface area contributed by atoms with Gasteiger partial charge in [0, 0.05) is 23.8 Å². The van der Waals surface area contributed by atoms with E-state index in [0.29, 0.717) is 12.2 Å². The highest BCUT2D eigenvalue weighted by atomic mass is 16.3. The van der Waals surface area contributed by atoms with Crippen LogP contribution in [0.3, 0.4) is 0 Å². The molecule has 0 aliphatic rings. The maximum atomic E-state index is 10.4. The molecule has 0 radical (unpaired) electrons. The minimum atomic E-state index is -0.602. The summed E-state index contributed by atoms with van der Waals surface area (Å²) in [7, 11) is 0. The predicted molar refractivity (Wildman–Crippen MR) is 92.6 cm³/mol. The Labute approximate surface area is 141 Å². The average Bonchev–Trinajstić information content (AvgIpc) is 3.07. The third-order valence-electron chi connectivity index (χ3n) is 4.25. The summed E-state index contributed by atoms with van der Waals surface area (Å²) in [5, 5.41) is 25.2. The summed E-state index contributed by atoms with van der Waals surface area (Å²) in [6, 6.07) is 14.1. The summed E-state index contributed by atoms with van der Waals surface area (Å²) in [4.78, 5) is 0. The lowest BCUT2D eigenvalue weighted by atomic mass is 9.95. The Morgan fingerprint density at radius 3 is 2.75 bits per heavy atom. The third-order valence-corrected chi connectivity index (χ3v) is 4.25. The number of tetrazole rings is 1. The summed E-state index contributed by atoms with van der Waals surface area (Å²) >= 11 is 0. The first-order valence-corrected chi connectivity index (χ1v) is 8.18. The van der Waals surface area contributed by atoms with Crippen molar-refractivity contribution in [3.05, 3.63) is 59.8 Å². The van der Waals surface area contributed by atoms with Crippen LogP contribution in [0.25, 0.3) is 5.65 Å². The van der Waals surface area contributed by atoms with Crippen LogP contribution in [-0.4, -0.2) is 37.2 Å². The van der Waals surface area contributed by atoms with Crippen molar-refractivity contribution in [3.8, 4) is 0 Å². The van der Waals surface area contributed by atoms with E-state index in [9.17, 15) is 5.11 Å². The highest BCUT2D eigenvalue weighted by Crippen LogP contribution is 2.17. The number of fused-ring (bicyclic) bond motifs is 1. The van der Waals surface area contributed by atoms with Gasteiger partial charge >= 0.3 is 0 Å². The SMILES string of the molecule is CC(C)(CCc1ccccc1)NCC(O)c1ccc2nnnn2c1. The first-order chi connectivity index (χ1) is 11.5. The van der Waals surface area contributed by atoms with E-state index in [0.717, 1.165) is 18.4 Å². The lowest BCUT2D eigenvalue weighted by Gasteiger charge is -2.28. The van der Waals surface area contributed by atoms with Gasteiger partial charge in [0.25, 0.3) is 0 Å². The molecule has 6 heteroatoms. The van der Waals surface area contributed by atoms with E-state index in [4.69, 9.17) is 0 Å². The number of rotatable bonds is 7. The number of hydrogen-bond acceptors (Lipinski definition) is 5. The average molecular weight is 325 g/mol. The molecular formula is C18H23N5O. The van der Waals surface area contributed by atoms with Crippen molar-refractivity contribution in [1.82, 2.24) is 25.4 Å². The van der Waals surface area contributed by atoms with Gasteiger partial charge in [-0.15, -0.1) is 5.10 Å². The van der Waals surface area contributed by atoms with Crippen LogP contribution in [0, 0.1) is 0 Å². The van der Waals surface area contributed by atoms with Gasteiger partial charge in [0.15, 0.2) is 5.65 Å². The molecule has 0 saturated carbocycles. The summed E-state index contributed by atoms with van der Waals surface area (Å²) in [5.74, 6) is 0. The molecule has 2 N–H and O–H groups in total. The van der Waals surface area contributed by atoms with E-state index in [1.54, 1.807) is 16.8 Å². The number of aromatic nitrogens is 4. The Morgan fingerprint density at radius 1 is 1.17 bits per heavy atom. The van der Waals surface area contributed by atoms with E-state index in [2.05, 4.69) is 59.0 Å². The molecule has 126 valence electrons. The zero-order valence-electron chi connectivity index (χ0n) is 14.1. The summed E-state index contributed by atoms with van der Waals surface area (Å²) < 4.78 is 1.57. The highest BCUT2D eigenvalue weighted by Gasteiger charge is 2.19. The third kappa shape index (κ3) is 4.15. The summed E-state index contributed by atoms with van der Waals surface area (Å²) in [6.45, 7) is 4.80. The van der Waals surface area contributed by atoms with Crippen LogP contribution in [0.4, 0.5) is 0 Å². The molecular weight excluding hydrogens is 302 g/mol. The minimum absolute atomic E-state index is 0.0598. The highest BCUT2D eigenvalue weighted by molar-refractivity contribution is 5.36. The standard InChI is InChI=1S/C18H23N5O/c1-18(2,11-10-14-6-4-3-5-7-14)19-12-16(24)15-8-9-17-20-21-22-23(17)13-15/h3-9,13,16,19,24H,10-12H2,1-2H3. The van der Waals surface area contributed by atoms with Crippen molar-refractivity contribution in [3.63, 3.8) is 0 Å². The van der Waals surface area contributed by atoms with Gasteiger partial charge in [-0.05, 0) is 48.7 Å². The lowest BCUT2D eigenvalue weighted by molar-refractivity contribution is 0.158. The minimum Gasteiger partial charge on any atom is -0.387 e. The number of pyridine rings is 1. The van der Waals surface area contributed by atoms with Gasteiger partial charge in [-0.1, -0.05) is 36.4 Å². The number of aryl methyl sites for hydroxylation is 1. The second-order valence-corrected chi connectivity index (χ2v) is 6.71. The molecule has 0 bridgehead atoms. The Morgan fingerprint density at radius 2 is 1.96 bits per heavy atom. The molecule has 1 aromatic carbocycles. The number of nitrogens with zero attached hydrogens (tertiary/aromatic N) is 4. The fraction of sp³-hybridized carbons (Fsp3) is 0.389. The van der Waals surface area contributed by atoms with E-state index in [1.165, 1.54) is 5.56 Å². The topological polar surface area (TPSA) is 75.3 Å². The van der Waals surface area contributed by atoms with Crippen molar-refractivity contribution in [2.45, 2.75) is 38.3 Å². The maximum Gasteiger partial charge on any atom is 0.179 e. The molecule has 0 aliphatic heterocycles. The summed E-state index contributed by atoms with van der Waals surface area (Å²) in [6.07, 6.45) is 3.16. The Balaban J connectivity index is 1.54. The Bertz CT molecular complexity index is 784. The van der Waals surface area contributed by atoms with Crippen LogP contribution in [0.5, 0.6) is 0 Å². The molecule has 0 amide bonds. The van der Waals surface area contributed by atoms with Gasteiger partial charge in [-0.2, -0.15) is 0 Å². The molecule has 0 spiro atoms.